The van der Waals surface area contributed by atoms with Crippen molar-refractivity contribution in [2.75, 3.05) is 0 Å². The van der Waals surface area contributed by atoms with Crippen LogP contribution in [0.25, 0.3) is 33.6 Å². The maximum Gasteiger partial charge on any atom is 0.0173 e. The molecule has 4 heteroatoms. The fraction of sp³-hybridized carbons (Fsp3) is 0.100. The van der Waals surface area contributed by atoms with Gasteiger partial charge >= 0.3 is 0 Å². The molecule has 169 valence electrons. The van der Waals surface area contributed by atoms with Gasteiger partial charge in [-0.05, 0) is 52.1 Å². The van der Waals surface area contributed by atoms with Crippen LogP contribution in [0.1, 0.15) is 25.0 Å². The Kier molecular flexibility index (Phi) is 7.11. The molecule has 0 fully saturated rings. The summed E-state index contributed by atoms with van der Waals surface area (Å²) >= 11 is 0. The van der Waals surface area contributed by atoms with Crippen LogP contribution < -0.4 is 0 Å². The Morgan fingerprint density at radius 2 is 1.47 bits per heavy atom. The Labute approximate surface area is 214 Å². The third-order valence-corrected chi connectivity index (χ3v) is 6.02. The van der Waals surface area contributed by atoms with Gasteiger partial charge in [0.15, 0.2) is 0 Å². The molecule has 0 N–H and O–H groups in total. The summed E-state index contributed by atoms with van der Waals surface area (Å²) in [6.07, 6.45) is 7.26. The van der Waals surface area contributed by atoms with E-state index in [2.05, 4.69) is 71.3 Å². The van der Waals surface area contributed by atoms with E-state index in [4.69, 9.17) is 0 Å². The minimum Gasteiger partial charge on any atom is -0.320 e. The molecule has 0 bridgehead atoms. The third-order valence-electron chi connectivity index (χ3n) is 6.02. The molecule has 0 atom stereocenters. The number of hydrogen-bond acceptors (Lipinski definition) is 3. The molecular formula is C30H23IrN3-2. The molecule has 0 saturated heterocycles. The Morgan fingerprint density at radius 3 is 2.21 bits per heavy atom. The predicted molar refractivity (Wildman–Crippen MR) is 132 cm³/mol. The average Bonchev–Trinajstić information content (AvgIpc) is 3.12. The second kappa shape index (κ2) is 10.2. The monoisotopic (exact) mass is 618 g/mol. The van der Waals surface area contributed by atoms with Crippen molar-refractivity contribution >= 4 is 0 Å². The number of hydrogen-bond donors (Lipinski definition) is 0. The Bertz CT molecular complexity index is 1330. The van der Waals surface area contributed by atoms with Gasteiger partial charge in [0.05, 0.1) is 0 Å². The summed E-state index contributed by atoms with van der Waals surface area (Å²) in [5.74, 6) is 0. The van der Waals surface area contributed by atoms with E-state index in [1.54, 1.807) is 18.6 Å². The second-order valence-corrected chi connectivity index (χ2v) is 8.43. The molecule has 5 aromatic rings. The first-order valence-corrected chi connectivity index (χ1v) is 11.0. The summed E-state index contributed by atoms with van der Waals surface area (Å²) in [6.45, 7) is 4.52. The number of rotatable bonds is 2. The number of fused-ring (bicyclic) bond motifs is 3. The minimum absolute atomic E-state index is 0. The van der Waals surface area contributed by atoms with Gasteiger partial charge in [-0.2, -0.15) is 11.6 Å². The van der Waals surface area contributed by atoms with Crippen molar-refractivity contribution < 1.29 is 20.1 Å². The topological polar surface area (TPSA) is 38.7 Å². The summed E-state index contributed by atoms with van der Waals surface area (Å²) < 4.78 is 0. The predicted octanol–water partition coefficient (Wildman–Crippen LogP) is 6.80. The molecule has 0 unspecified atom stereocenters. The zero-order valence-corrected chi connectivity index (χ0v) is 21.4. The normalized spacial score (nSPS) is 12.4. The van der Waals surface area contributed by atoms with Crippen LogP contribution in [0.2, 0.25) is 0 Å². The third kappa shape index (κ3) is 4.61. The zero-order chi connectivity index (χ0) is 22.7. The van der Waals surface area contributed by atoms with Crippen LogP contribution in [0.5, 0.6) is 0 Å². The standard InChI is InChI=1S/C19H15N2.C11H8N.Ir/c1-19(2)16-6-4-3-5-14(16)15-11-18(21-12-17(15)19)13-7-9-20-10-8-13;1-2-6-10(7-3-1)11-8-4-5-9-12-11;/h3-7,9-12H,1-2H3;1-6,8-9H;/q2*-1;. The Hall–Kier alpha value is -3.46. The van der Waals surface area contributed by atoms with Crippen molar-refractivity contribution in [1.29, 1.82) is 0 Å². The summed E-state index contributed by atoms with van der Waals surface area (Å²) in [5.41, 5.74) is 9.22. The molecule has 34 heavy (non-hydrogen) atoms. The number of benzene rings is 2. The van der Waals surface area contributed by atoms with Crippen molar-refractivity contribution in [3.63, 3.8) is 0 Å². The van der Waals surface area contributed by atoms with Gasteiger partial charge in [-0.15, -0.1) is 42.0 Å². The van der Waals surface area contributed by atoms with Crippen molar-refractivity contribution in [1.82, 2.24) is 15.0 Å². The van der Waals surface area contributed by atoms with Gasteiger partial charge in [-0.3, -0.25) is 4.98 Å². The van der Waals surface area contributed by atoms with Gasteiger partial charge in [0.2, 0.25) is 0 Å². The first-order chi connectivity index (χ1) is 16.1. The van der Waals surface area contributed by atoms with E-state index in [0.29, 0.717) is 0 Å². The number of nitrogens with zero attached hydrogens (tertiary/aromatic N) is 3. The average molecular weight is 618 g/mol. The van der Waals surface area contributed by atoms with E-state index in [1.165, 1.54) is 22.3 Å². The van der Waals surface area contributed by atoms with Crippen LogP contribution in [0.3, 0.4) is 0 Å². The molecule has 1 radical (unpaired) electrons. The smallest absolute Gasteiger partial charge is 0.0173 e. The van der Waals surface area contributed by atoms with Crippen LogP contribution in [0.15, 0.2) is 104 Å². The summed E-state index contributed by atoms with van der Waals surface area (Å²) in [5, 5.41) is 0. The van der Waals surface area contributed by atoms with Crippen LogP contribution >= 0.6 is 0 Å². The molecule has 3 nitrogen and oxygen atoms in total. The first kappa shape index (κ1) is 23.7. The molecule has 1 aliphatic rings. The molecule has 0 saturated carbocycles. The van der Waals surface area contributed by atoms with Gasteiger partial charge in [-0.25, -0.2) is 0 Å². The molecule has 0 spiro atoms. The largest absolute Gasteiger partial charge is 0.320 e. The van der Waals surface area contributed by atoms with E-state index in [1.807, 2.05) is 54.7 Å². The van der Waals surface area contributed by atoms with E-state index < -0.39 is 0 Å². The van der Waals surface area contributed by atoms with Gasteiger partial charge in [-0.1, -0.05) is 56.3 Å². The molecule has 1 aliphatic carbocycles. The minimum atomic E-state index is 0. The van der Waals surface area contributed by atoms with Gasteiger partial charge in [0, 0.05) is 37.9 Å². The van der Waals surface area contributed by atoms with E-state index >= 15 is 0 Å². The van der Waals surface area contributed by atoms with Crippen molar-refractivity contribution in [2.24, 2.45) is 0 Å². The first-order valence-electron chi connectivity index (χ1n) is 11.0. The molecule has 3 heterocycles. The SMILES string of the molecule is CC1(C)c2ccccc2-c2cc(-c3[c-]cncc3)ncc21.[Ir].[c-]1ccccc1-c1ccccn1. The maximum atomic E-state index is 4.64. The van der Waals surface area contributed by atoms with Crippen LogP contribution in [-0.2, 0) is 25.5 Å². The maximum absolute atomic E-state index is 4.64. The Morgan fingerprint density at radius 1 is 0.676 bits per heavy atom. The van der Waals surface area contributed by atoms with E-state index in [-0.39, 0.29) is 25.5 Å². The number of pyridine rings is 3. The second-order valence-electron chi connectivity index (χ2n) is 8.43. The summed E-state index contributed by atoms with van der Waals surface area (Å²) in [6, 6.07) is 32.7. The van der Waals surface area contributed by atoms with Crippen molar-refractivity contribution in [3.05, 3.63) is 127 Å². The van der Waals surface area contributed by atoms with E-state index in [0.717, 1.165) is 22.5 Å². The Balaban J connectivity index is 0.000000180. The fourth-order valence-electron chi connectivity index (χ4n) is 4.28. The molecule has 0 aliphatic heterocycles. The van der Waals surface area contributed by atoms with Crippen molar-refractivity contribution in [3.8, 4) is 33.6 Å². The van der Waals surface area contributed by atoms with Crippen LogP contribution in [0, 0.1) is 12.1 Å². The van der Waals surface area contributed by atoms with Gasteiger partial charge in [0.1, 0.15) is 0 Å². The molecule has 3 aromatic heterocycles. The molecule has 2 aromatic carbocycles. The van der Waals surface area contributed by atoms with Gasteiger partial charge < -0.3 is 9.97 Å². The quantitative estimate of drug-likeness (QED) is 0.205. The molecule has 6 rings (SSSR count). The van der Waals surface area contributed by atoms with Gasteiger partial charge in [0.25, 0.3) is 0 Å². The number of aromatic nitrogens is 3. The van der Waals surface area contributed by atoms with Crippen molar-refractivity contribution in [2.45, 2.75) is 19.3 Å². The summed E-state index contributed by atoms with van der Waals surface area (Å²) in [7, 11) is 0. The zero-order valence-electron chi connectivity index (χ0n) is 19.0. The fourth-order valence-corrected chi connectivity index (χ4v) is 4.28. The van der Waals surface area contributed by atoms with Crippen LogP contribution in [0.4, 0.5) is 0 Å². The molecular weight excluding hydrogens is 595 g/mol. The van der Waals surface area contributed by atoms with E-state index in [9.17, 15) is 0 Å². The molecule has 0 amide bonds. The summed E-state index contributed by atoms with van der Waals surface area (Å²) in [4.78, 5) is 12.9. The van der Waals surface area contributed by atoms with Crippen LogP contribution in [-0.4, -0.2) is 15.0 Å².